The average molecular weight is 488 g/mol. The summed E-state index contributed by atoms with van der Waals surface area (Å²) in [6.45, 7) is 3.54. The van der Waals surface area contributed by atoms with Crippen molar-refractivity contribution in [3.63, 3.8) is 0 Å². The van der Waals surface area contributed by atoms with Crippen LogP contribution in [0.15, 0.2) is 66.7 Å². The summed E-state index contributed by atoms with van der Waals surface area (Å²) in [7, 11) is 1.51. The van der Waals surface area contributed by atoms with E-state index in [2.05, 4.69) is 35.2 Å². The normalized spacial score (nSPS) is 19.1. The van der Waals surface area contributed by atoms with Crippen molar-refractivity contribution in [2.75, 3.05) is 26.7 Å². The number of benzene rings is 3. The molecule has 1 saturated carbocycles. The number of carbonyl (C=O) groups excluding carboxylic acids is 1. The molecule has 0 unspecified atom stereocenters. The van der Waals surface area contributed by atoms with E-state index in [4.69, 9.17) is 21.1 Å². The third-order valence-corrected chi connectivity index (χ3v) is 8.21. The molecule has 3 aromatic carbocycles. The van der Waals surface area contributed by atoms with Gasteiger partial charge in [0.2, 0.25) is 0 Å². The molecule has 1 aliphatic heterocycles. The number of esters is 1. The second-order valence-corrected chi connectivity index (χ2v) is 11.1. The number of nitrogens with zero attached hydrogens (tertiary/aromatic N) is 1. The standard InChI is InChI=1S/C30H30ClNO3/c1-34-28(33)30(12-13-30)20-32-18-29(19-32)15-24-5-4-23(14-25(24)16-29)22-6-10-27(11-7-22)35-17-21-2-8-26(31)9-3-21/h2-11,14H,12-13,15-20H2,1H3. The van der Waals surface area contributed by atoms with Crippen molar-refractivity contribution in [3.05, 3.63) is 88.4 Å². The molecule has 35 heavy (non-hydrogen) atoms. The Morgan fingerprint density at radius 3 is 2.29 bits per heavy atom. The second kappa shape index (κ2) is 8.69. The fraction of sp³-hybridized carbons (Fsp3) is 0.367. The van der Waals surface area contributed by atoms with Gasteiger partial charge in [-0.25, -0.2) is 0 Å². The maximum atomic E-state index is 12.1. The SMILES string of the molecule is COC(=O)C1(CN2CC3(Cc4ccc(-c5ccc(OCc6ccc(Cl)cc6)cc5)cc4C3)C2)CC1. The van der Waals surface area contributed by atoms with Crippen LogP contribution < -0.4 is 4.74 Å². The van der Waals surface area contributed by atoms with Crippen LogP contribution in [0.25, 0.3) is 11.1 Å². The van der Waals surface area contributed by atoms with Crippen LogP contribution >= 0.6 is 11.6 Å². The lowest BCUT2D eigenvalue weighted by Crippen LogP contribution is -2.58. The summed E-state index contributed by atoms with van der Waals surface area (Å²) in [6, 6.07) is 23.0. The number of methoxy groups -OCH3 is 1. The summed E-state index contributed by atoms with van der Waals surface area (Å²) in [5.74, 6) is 0.831. The molecule has 6 rings (SSSR count). The van der Waals surface area contributed by atoms with Gasteiger partial charge >= 0.3 is 5.97 Å². The number of ether oxygens (including phenoxy) is 2. The molecule has 3 aromatic rings. The highest BCUT2D eigenvalue weighted by atomic mass is 35.5. The van der Waals surface area contributed by atoms with Crippen LogP contribution in [0.1, 0.15) is 29.5 Å². The van der Waals surface area contributed by atoms with E-state index >= 15 is 0 Å². The summed E-state index contributed by atoms with van der Waals surface area (Å²) in [6.07, 6.45) is 4.21. The molecule has 180 valence electrons. The molecule has 0 bridgehead atoms. The Balaban J connectivity index is 1.07. The predicted octanol–water partition coefficient (Wildman–Crippen LogP) is 5.94. The molecule has 3 aliphatic rings. The van der Waals surface area contributed by atoms with Crippen LogP contribution in [0.4, 0.5) is 0 Å². The van der Waals surface area contributed by atoms with Crippen molar-refractivity contribution >= 4 is 17.6 Å². The van der Waals surface area contributed by atoms with Gasteiger partial charge < -0.3 is 14.4 Å². The van der Waals surface area contributed by atoms with Gasteiger partial charge in [0.15, 0.2) is 0 Å². The quantitative estimate of drug-likeness (QED) is 0.386. The summed E-state index contributed by atoms with van der Waals surface area (Å²) in [5.41, 5.74) is 6.62. The number of fused-ring (bicyclic) bond motifs is 1. The van der Waals surface area contributed by atoms with Crippen molar-refractivity contribution in [3.8, 4) is 16.9 Å². The topological polar surface area (TPSA) is 38.8 Å². The van der Waals surface area contributed by atoms with E-state index in [0.29, 0.717) is 12.0 Å². The van der Waals surface area contributed by atoms with Crippen LogP contribution in [0.2, 0.25) is 5.02 Å². The van der Waals surface area contributed by atoms with E-state index in [1.54, 1.807) is 0 Å². The van der Waals surface area contributed by atoms with Gasteiger partial charge in [0.25, 0.3) is 0 Å². The molecule has 1 saturated heterocycles. The van der Waals surface area contributed by atoms with E-state index in [9.17, 15) is 4.79 Å². The first-order valence-electron chi connectivity index (χ1n) is 12.4. The lowest BCUT2D eigenvalue weighted by molar-refractivity contribution is -0.149. The number of hydrogen-bond donors (Lipinski definition) is 0. The van der Waals surface area contributed by atoms with Crippen molar-refractivity contribution in [1.29, 1.82) is 0 Å². The predicted molar refractivity (Wildman–Crippen MR) is 138 cm³/mol. The van der Waals surface area contributed by atoms with Gasteiger partial charge in [0.1, 0.15) is 12.4 Å². The lowest BCUT2D eigenvalue weighted by Gasteiger charge is -2.49. The zero-order chi connectivity index (χ0) is 24.0. The van der Waals surface area contributed by atoms with Gasteiger partial charge in [-0.3, -0.25) is 4.79 Å². The van der Waals surface area contributed by atoms with Crippen LogP contribution in [-0.4, -0.2) is 37.6 Å². The first-order valence-corrected chi connectivity index (χ1v) is 12.7. The Hall–Kier alpha value is -2.82. The number of hydrogen-bond acceptors (Lipinski definition) is 4. The second-order valence-electron chi connectivity index (χ2n) is 10.7. The maximum absolute atomic E-state index is 12.1. The number of rotatable bonds is 7. The Labute approximate surface area is 211 Å². The highest BCUT2D eigenvalue weighted by molar-refractivity contribution is 6.30. The van der Waals surface area contributed by atoms with Crippen LogP contribution in [0.5, 0.6) is 5.75 Å². The van der Waals surface area contributed by atoms with Gasteiger partial charge in [0, 0.05) is 30.1 Å². The molecule has 1 spiro atoms. The lowest BCUT2D eigenvalue weighted by atomic mass is 9.76. The molecule has 1 heterocycles. The fourth-order valence-corrected chi connectivity index (χ4v) is 6.09. The van der Waals surface area contributed by atoms with E-state index in [0.717, 1.165) is 61.7 Å². The molecule has 0 amide bonds. The number of halogens is 1. The van der Waals surface area contributed by atoms with E-state index in [1.165, 1.54) is 29.4 Å². The number of likely N-dealkylation sites (tertiary alicyclic amines) is 1. The third kappa shape index (κ3) is 4.46. The molecule has 2 aliphatic carbocycles. The largest absolute Gasteiger partial charge is 0.489 e. The minimum absolute atomic E-state index is 0.0285. The Morgan fingerprint density at radius 2 is 1.60 bits per heavy atom. The van der Waals surface area contributed by atoms with E-state index in [-0.39, 0.29) is 11.4 Å². The third-order valence-electron chi connectivity index (χ3n) is 7.96. The smallest absolute Gasteiger partial charge is 0.313 e. The van der Waals surface area contributed by atoms with Crippen molar-refractivity contribution in [2.24, 2.45) is 10.8 Å². The van der Waals surface area contributed by atoms with Crippen LogP contribution in [0.3, 0.4) is 0 Å². The zero-order valence-corrected chi connectivity index (χ0v) is 20.8. The molecule has 0 atom stereocenters. The fourth-order valence-electron chi connectivity index (χ4n) is 5.96. The van der Waals surface area contributed by atoms with Gasteiger partial charge in [0.05, 0.1) is 12.5 Å². The first kappa shape index (κ1) is 22.6. The first-order chi connectivity index (χ1) is 17.0. The summed E-state index contributed by atoms with van der Waals surface area (Å²) in [4.78, 5) is 14.6. The summed E-state index contributed by atoms with van der Waals surface area (Å²) >= 11 is 5.96. The van der Waals surface area contributed by atoms with Crippen LogP contribution in [0, 0.1) is 10.8 Å². The summed E-state index contributed by atoms with van der Waals surface area (Å²) in [5, 5.41) is 0.734. The van der Waals surface area contributed by atoms with Gasteiger partial charge in [-0.1, -0.05) is 54.1 Å². The Morgan fingerprint density at radius 1 is 0.914 bits per heavy atom. The zero-order valence-electron chi connectivity index (χ0n) is 20.1. The van der Waals surface area contributed by atoms with Gasteiger partial charge in [-0.2, -0.15) is 0 Å². The van der Waals surface area contributed by atoms with Crippen molar-refractivity contribution < 1.29 is 14.3 Å². The van der Waals surface area contributed by atoms with Crippen LogP contribution in [-0.2, 0) is 29.0 Å². The van der Waals surface area contributed by atoms with Gasteiger partial charge in [-0.05, 0) is 77.8 Å². The Bertz CT molecular complexity index is 1240. The monoisotopic (exact) mass is 487 g/mol. The minimum Gasteiger partial charge on any atom is -0.489 e. The molecule has 0 radical (unpaired) electrons. The molecule has 5 heteroatoms. The van der Waals surface area contributed by atoms with Crippen molar-refractivity contribution in [2.45, 2.75) is 32.3 Å². The highest BCUT2D eigenvalue weighted by Crippen LogP contribution is 2.51. The van der Waals surface area contributed by atoms with E-state index < -0.39 is 0 Å². The van der Waals surface area contributed by atoms with Gasteiger partial charge in [-0.15, -0.1) is 0 Å². The Kier molecular flexibility index (Phi) is 5.62. The highest BCUT2D eigenvalue weighted by Gasteiger charge is 2.56. The van der Waals surface area contributed by atoms with E-state index in [1.807, 2.05) is 36.4 Å². The maximum Gasteiger partial charge on any atom is 0.313 e. The molecular formula is C30H30ClNO3. The molecule has 2 fully saturated rings. The number of carbonyl (C=O) groups is 1. The van der Waals surface area contributed by atoms with Crippen molar-refractivity contribution in [1.82, 2.24) is 4.90 Å². The molecule has 0 aromatic heterocycles. The summed E-state index contributed by atoms with van der Waals surface area (Å²) < 4.78 is 11.0. The minimum atomic E-state index is -0.223. The molecule has 4 nitrogen and oxygen atoms in total. The molecular weight excluding hydrogens is 458 g/mol. The average Bonchev–Trinajstić information content (AvgIpc) is 3.54. The molecule has 0 N–H and O–H groups in total.